The van der Waals surface area contributed by atoms with E-state index >= 15 is 0 Å². The van der Waals surface area contributed by atoms with Gasteiger partial charge in [0.2, 0.25) is 0 Å². The Hall–Kier alpha value is -1.06. The predicted molar refractivity (Wildman–Crippen MR) is 54.8 cm³/mol. The molecule has 0 saturated carbocycles. The molecule has 0 unspecified atom stereocenters. The molecule has 1 rings (SSSR count). The van der Waals surface area contributed by atoms with Gasteiger partial charge in [-0.3, -0.25) is 0 Å². The molecule has 13 heavy (non-hydrogen) atoms. The summed E-state index contributed by atoms with van der Waals surface area (Å²) in [6, 6.07) is 7.26. The molecule has 3 heteroatoms. The van der Waals surface area contributed by atoms with Crippen LogP contribution in [0.2, 0.25) is 0 Å². The molecule has 0 fully saturated rings. The molecule has 0 heterocycles. The van der Waals surface area contributed by atoms with Gasteiger partial charge in [0.05, 0.1) is 0 Å². The van der Waals surface area contributed by atoms with Crippen LogP contribution in [0.3, 0.4) is 0 Å². The second-order valence-electron chi connectivity index (χ2n) is 3.21. The molecule has 0 aliphatic carbocycles. The third kappa shape index (κ3) is 2.72. The summed E-state index contributed by atoms with van der Waals surface area (Å²) in [7, 11) is -1.39. The summed E-state index contributed by atoms with van der Waals surface area (Å²) in [6.45, 7) is 5.70. The zero-order valence-electron chi connectivity index (χ0n) is 7.70. The first-order valence-electron chi connectivity index (χ1n) is 4.19. The van der Waals surface area contributed by atoms with E-state index in [1.807, 2.05) is 19.1 Å². The van der Waals surface area contributed by atoms with Gasteiger partial charge < -0.3 is 10.0 Å². The fourth-order valence-electron chi connectivity index (χ4n) is 1.27. The van der Waals surface area contributed by atoms with Gasteiger partial charge in [-0.05, 0) is 24.4 Å². The first-order valence-corrected chi connectivity index (χ1v) is 4.19. The molecule has 0 aliphatic heterocycles. The Morgan fingerprint density at radius 2 is 2.00 bits per heavy atom. The van der Waals surface area contributed by atoms with Crippen LogP contribution in [-0.2, 0) is 6.42 Å². The van der Waals surface area contributed by atoms with Gasteiger partial charge >= 0.3 is 7.12 Å². The number of rotatable bonds is 3. The summed E-state index contributed by atoms with van der Waals surface area (Å²) in [5, 5.41) is 18.1. The van der Waals surface area contributed by atoms with Crippen molar-refractivity contribution in [3.63, 3.8) is 0 Å². The van der Waals surface area contributed by atoms with E-state index < -0.39 is 7.12 Å². The molecule has 1 aromatic rings. The molecule has 0 saturated heterocycles. The van der Waals surface area contributed by atoms with Gasteiger partial charge in [-0.1, -0.05) is 36.4 Å². The summed E-state index contributed by atoms with van der Waals surface area (Å²) in [6.07, 6.45) is 0.688. The summed E-state index contributed by atoms with van der Waals surface area (Å²) in [5.74, 6) is 0. The normalized spacial score (nSPS) is 9.77. The van der Waals surface area contributed by atoms with Crippen molar-refractivity contribution < 1.29 is 10.0 Å². The molecule has 0 bridgehead atoms. The monoisotopic (exact) mass is 176 g/mol. The minimum absolute atomic E-state index is 0.561. The van der Waals surface area contributed by atoms with Crippen molar-refractivity contribution in [1.82, 2.24) is 0 Å². The van der Waals surface area contributed by atoms with Gasteiger partial charge in [-0.25, -0.2) is 0 Å². The van der Waals surface area contributed by atoms with E-state index in [4.69, 9.17) is 10.0 Å². The topological polar surface area (TPSA) is 40.5 Å². The smallest absolute Gasteiger partial charge is 0.423 e. The van der Waals surface area contributed by atoms with E-state index in [0.717, 1.165) is 11.1 Å². The van der Waals surface area contributed by atoms with Crippen LogP contribution in [0, 0.1) is 0 Å². The fourth-order valence-corrected chi connectivity index (χ4v) is 1.27. The average Bonchev–Trinajstić information content (AvgIpc) is 2.03. The summed E-state index contributed by atoms with van der Waals surface area (Å²) in [5.41, 5.74) is 2.49. The van der Waals surface area contributed by atoms with Gasteiger partial charge in [-0.2, -0.15) is 0 Å². The van der Waals surface area contributed by atoms with E-state index in [1.165, 1.54) is 0 Å². The molecule has 0 spiro atoms. The number of allylic oxidation sites excluding steroid dienone is 1. The van der Waals surface area contributed by atoms with Crippen LogP contribution in [0.15, 0.2) is 36.4 Å². The zero-order valence-corrected chi connectivity index (χ0v) is 7.70. The van der Waals surface area contributed by atoms with Crippen LogP contribution in [0.4, 0.5) is 0 Å². The Bertz CT molecular complexity index is 308. The van der Waals surface area contributed by atoms with Gasteiger partial charge in [0, 0.05) is 0 Å². The van der Waals surface area contributed by atoms with Gasteiger partial charge in [0.15, 0.2) is 0 Å². The summed E-state index contributed by atoms with van der Waals surface area (Å²) < 4.78 is 0. The lowest BCUT2D eigenvalue weighted by Crippen LogP contribution is -2.32. The van der Waals surface area contributed by atoms with Crippen LogP contribution in [0.25, 0.3) is 0 Å². The molecule has 0 radical (unpaired) electrons. The molecule has 1 aromatic carbocycles. The minimum atomic E-state index is -1.39. The number of hydrogen-bond donors (Lipinski definition) is 2. The molecule has 2 nitrogen and oxygen atoms in total. The van der Waals surface area contributed by atoms with Crippen LogP contribution in [-0.4, -0.2) is 17.2 Å². The lowest BCUT2D eigenvalue weighted by molar-refractivity contribution is 0.425. The minimum Gasteiger partial charge on any atom is -0.423 e. The van der Waals surface area contributed by atoms with Crippen molar-refractivity contribution in [2.45, 2.75) is 13.3 Å². The van der Waals surface area contributed by atoms with E-state index in [9.17, 15) is 0 Å². The maximum absolute atomic E-state index is 9.04. The van der Waals surface area contributed by atoms with Crippen molar-refractivity contribution in [1.29, 1.82) is 0 Å². The maximum Gasteiger partial charge on any atom is 0.488 e. The van der Waals surface area contributed by atoms with Crippen molar-refractivity contribution in [2.75, 3.05) is 0 Å². The first kappa shape index (κ1) is 10.0. The highest BCUT2D eigenvalue weighted by molar-refractivity contribution is 6.59. The summed E-state index contributed by atoms with van der Waals surface area (Å²) in [4.78, 5) is 0. The molecule has 0 atom stereocenters. The Labute approximate surface area is 78.7 Å². The number of benzene rings is 1. The maximum atomic E-state index is 9.04. The highest BCUT2D eigenvalue weighted by Gasteiger charge is 2.14. The van der Waals surface area contributed by atoms with E-state index in [0.29, 0.717) is 11.9 Å². The number of hydrogen-bond acceptors (Lipinski definition) is 2. The Morgan fingerprint density at radius 1 is 1.38 bits per heavy atom. The van der Waals surface area contributed by atoms with Crippen LogP contribution >= 0.6 is 0 Å². The Balaban J connectivity index is 2.97. The van der Waals surface area contributed by atoms with Crippen molar-refractivity contribution in [3.05, 3.63) is 42.0 Å². The van der Waals surface area contributed by atoms with Crippen molar-refractivity contribution in [2.24, 2.45) is 0 Å². The van der Waals surface area contributed by atoms with Crippen LogP contribution in [0.5, 0.6) is 0 Å². The van der Waals surface area contributed by atoms with Gasteiger partial charge in [0.1, 0.15) is 0 Å². The zero-order chi connectivity index (χ0) is 9.84. The molecular formula is C10H13BO2. The molecule has 2 N–H and O–H groups in total. The first-order chi connectivity index (χ1) is 6.11. The predicted octanol–water partition coefficient (Wildman–Crippen LogP) is 0.485. The Morgan fingerprint density at radius 3 is 2.54 bits per heavy atom. The highest BCUT2D eigenvalue weighted by Crippen LogP contribution is 2.03. The second kappa shape index (κ2) is 4.26. The van der Waals surface area contributed by atoms with E-state index in [1.54, 1.807) is 12.1 Å². The fraction of sp³-hybridized carbons (Fsp3) is 0.200. The third-order valence-corrected chi connectivity index (χ3v) is 1.83. The largest absolute Gasteiger partial charge is 0.488 e. The molecule has 0 aromatic heterocycles. The molecule has 68 valence electrons. The molecule has 0 amide bonds. The SMILES string of the molecule is C=C(C)Cc1ccccc1B(O)O. The quantitative estimate of drug-likeness (QED) is 0.519. The molecular weight excluding hydrogens is 163 g/mol. The van der Waals surface area contributed by atoms with Crippen molar-refractivity contribution >= 4 is 12.6 Å². The second-order valence-corrected chi connectivity index (χ2v) is 3.21. The van der Waals surface area contributed by atoms with Crippen LogP contribution < -0.4 is 5.46 Å². The standard InChI is InChI=1S/C10H13BO2/c1-8(2)7-9-5-3-4-6-10(9)11(12)13/h3-6,12-13H,1,7H2,2H3. The van der Waals surface area contributed by atoms with Gasteiger partial charge in [0.25, 0.3) is 0 Å². The lowest BCUT2D eigenvalue weighted by atomic mass is 9.76. The average molecular weight is 176 g/mol. The van der Waals surface area contributed by atoms with Gasteiger partial charge in [-0.15, -0.1) is 0 Å². The van der Waals surface area contributed by atoms with Crippen molar-refractivity contribution in [3.8, 4) is 0 Å². The third-order valence-electron chi connectivity index (χ3n) is 1.83. The van der Waals surface area contributed by atoms with E-state index in [2.05, 4.69) is 6.58 Å². The summed E-state index contributed by atoms with van der Waals surface area (Å²) >= 11 is 0. The van der Waals surface area contributed by atoms with Crippen LogP contribution in [0.1, 0.15) is 12.5 Å². The lowest BCUT2D eigenvalue weighted by Gasteiger charge is -2.07. The highest BCUT2D eigenvalue weighted by atomic mass is 16.4. The molecule has 0 aliphatic rings. The van der Waals surface area contributed by atoms with E-state index in [-0.39, 0.29) is 0 Å². The Kier molecular flexibility index (Phi) is 3.28.